The molecule has 0 aliphatic rings. The molecule has 7 heteroatoms. The van der Waals surface area contributed by atoms with Crippen LogP contribution in [-0.4, -0.2) is 27.8 Å². The zero-order chi connectivity index (χ0) is 13.7. The van der Waals surface area contributed by atoms with Crippen LogP contribution in [0.1, 0.15) is 12.8 Å². The number of hydrogen-bond acceptors (Lipinski definition) is 5. The highest BCUT2D eigenvalue weighted by atomic mass is 79.9. The second kappa shape index (κ2) is 6.68. The molecule has 19 heavy (non-hydrogen) atoms. The van der Waals surface area contributed by atoms with Gasteiger partial charge in [0, 0.05) is 10.6 Å². The Morgan fingerprint density at radius 2 is 2.11 bits per heavy atom. The highest BCUT2D eigenvalue weighted by molar-refractivity contribution is 9.09. The van der Waals surface area contributed by atoms with Gasteiger partial charge in [0.1, 0.15) is 6.61 Å². The molecule has 0 spiro atoms. The second-order valence-electron chi connectivity index (χ2n) is 3.51. The van der Waals surface area contributed by atoms with Gasteiger partial charge in [-0.2, -0.15) is 0 Å². The van der Waals surface area contributed by atoms with E-state index in [9.17, 15) is 0 Å². The number of aromatic nitrogens is 2. The van der Waals surface area contributed by atoms with Gasteiger partial charge in [-0.15, -0.1) is 10.2 Å². The van der Waals surface area contributed by atoms with E-state index in [1.54, 1.807) is 12.1 Å². The molecule has 0 bridgehead atoms. The maximum absolute atomic E-state index is 5.83. The van der Waals surface area contributed by atoms with Gasteiger partial charge in [0.25, 0.3) is 5.89 Å². The van der Waals surface area contributed by atoms with Crippen LogP contribution >= 0.6 is 27.5 Å². The van der Waals surface area contributed by atoms with Gasteiger partial charge in [0.2, 0.25) is 5.89 Å². The number of hydrogen-bond donors (Lipinski definition) is 0. The van der Waals surface area contributed by atoms with E-state index in [0.717, 1.165) is 5.56 Å². The largest absolute Gasteiger partial charge is 0.415 e. The van der Waals surface area contributed by atoms with Crippen LogP contribution < -0.4 is 0 Å². The molecule has 0 N–H and O–H groups in total. The molecule has 1 heterocycles. The van der Waals surface area contributed by atoms with Crippen LogP contribution in [0.3, 0.4) is 0 Å². The molecular weight excluding hydrogens is 334 g/mol. The Kier molecular flexibility index (Phi) is 4.93. The van der Waals surface area contributed by atoms with Crippen molar-refractivity contribution in [3.05, 3.63) is 35.2 Å². The molecule has 0 radical (unpaired) electrons. The highest BCUT2D eigenvalue weighted by Crippen LogP contribution is 2.20. The van der Waals surface area contributed by atoms with Gasteiger partial charge in [-0.25, -0.2) is 0 Å². The molecular formula is C12H11BrClN3O2. The van der Waals surface area contributed by atoms with Crippen molar-refractivity contribution in [2.24, 2.45) is 5.16 Å². The fourth-order valence-electron chi connectivity index (χ4n) is 1.31. The molecule has 1 aromatic heterocycles. The third-order valence-electron chi connectivity index (χ3n) is 2.19. The summed E-state index contributed by atoms with van der Waals surface area (Å²) in [5, 5.41) is 13.0. The lowest BCUT2D eigenvalue weighted by Gasteiger charge is -1.97. The minimum Gasteiger partial charge on any atom is -0.415 e. The molecule has 1 aromatic carbocycles. The van der Waals surface area contributed by atoms with Gasteiger partial charge >= 0.3 is 0 Å². The van der Waals surface area contributed by atoms with E-state index in [0.29, 0.717) is 34.5 Å². The minimum atomic E-state index is 0.329. The first kappa shape index (κ1) is 14.0. The molecule has 5 nitrogen and oxygen atoms in total. The van der Waals surface area contributed by atoms with E-state index in [4.69, 9.17) is 20.9 Å². The van der Waals surface area contributed by atoms with Gasteiger partial charge in [-0.05, 0) is 31.2 Å². The van der Waals surface area contributed by atoms with Crippen molar-refractivity contribution in [1.29, 1.82) is 0 Å². The van der Waals surface area contributed by atoms with E-state index >= 15 is 0 Å². The average molecular weight is 345 g/mol. The summed E-state index contributed by atoms with van der Waals surface area (Å²) < 4.78 is 5.55. The van der Waals surface area contributed by atoms with Crippen molar-refractivity contribution in [3.8, 4) is 11.5 Å². The van der Waals surface area contributed by atoms with Crippen LogP contribution in [0.25, 0.3) is 11.5 Å². The number of nitrogens with zero attached hydrogens (tertiary/aromatic N) is 3. The van der Waals surface area contributed by atoms with Crippen LogP contribution in [-0.2, 0) is 4.84 Å². The van der Waals surface area contributed by atoms with Crippen molar-refractivity contribution in [3.63, 3.8) is 0 Å². The quantitative estimate of drug-likeness (QED) is 0.473. The van der Waals surface area contributed by atoms with Crippen LogP contribution in [0.4, 0.5) is 0 Å². The topological polar surface area (TPSA) is 60.5 Å². The number of halogens is 2. The third kappa shape index (κ3) is 3.54. The Bertz CT molecular complexity index is 569. The zero-order valence-corrected chi connectivity index (χ0v) is 12.5. The fourth-order valence-corrected chi connectivity index (χ4v) is 1.78. The monoisotopic (exact) mass is 343 g/mol. The smallest absolute Gasteiger partial charge is 0.266 e. The summed E-state index contributed by atoms with van der Waals surface area (Å²) in [4.78, 5) is 4.98. The second-order valence-corrected chi connectivity index (χ2v) is 4.51. The SMILES string of the molecule is CCO/N=C(\CBr)c1nnc(-c2ccc(Cl)cc2)o1. The van der Waals surface area contributed by atoms with Gasteiger partial charge < -0.3 is 9.25 Å². The summed E-state index contributed by atoms with van der Waals surface area (Å²) in [6, 6.07) is 7.15. The summed E-state index contributed by atoms with van der Waals surface area (Å²) in [5.41, 5.74) is 1.35. The zero-order valence-electron chi connectivity index (χ0n) is 10.1. The van der Waals surface area contributed by atoms with Crippen LogP contribution in [0.5, 0.6) is 0 Å². The highest BCUT2D eigenvalue weighted by Gasteiger charge is 2.14. The maximum atomic E-state index is 5.83. The van der Waals surface area contributed by atoms with E-state index in [-0.39, 0.29) is 0 Å². The van der Waals surface area contributed by atoms with Crippen LogP contribution in [0, 0.1) is 0 Å². The summed E-state index contributed by atoms with van der Waals surface area (Å²) in [6.45, 7) is 2.33. The van der Waals surface area contributed by atoms with E-state index in [1.165, 1.54) is 0 Å². The van der Waals surface area contributed by atoms with E-state index < -0.39 is 0 Å². The molecule has 0 saturated heterocycles. The summed E-state index contributed by atoms with van der Waals surface area (Å²) >= 11 is 9.13. The number of alkyl halides is 1. The first-order valence-corrected chi connectivity index (χ1v) is 7.09. The van der Waals surface area contributed by atoms with Crippen molar-refractivity contribution in [1.82, 2.24) is 10.2 Å². The number of oxime groups is 1. The van der Waals surface area contributed by atoms with E-state index in [2.05, 4.69) is 31.3 Å². The Balaban J connectivity index is 2.25. The van der Waals surface area contributed by atoms with E-state index in [1.807, 2.05) is 19.1 Å². The molecule has 0 unspecified atom stereocenters. The minimum absolute atomic E-state index is 0.329. The number of benzene rings is 1. The Hall–Kier alpha value is -1.40. The predicted octanol–water partition coefficient (Wildman–Crippen LogP) is 3.53. The first-order valence-electron chi connectivity index (χ1n) is 5.59. The number of rotatable bonds is 5. The molecule has 0 amide bonds. The third-order valence-corrected chi connectivity index (χ3v) is 2.98. The molecule has 0 aliphatic heterocycles. The van der Waals surface area contributed by atoms with Gasteiger partial charge in [0.15, 0.2) is 5.71 Å². The first-order chi connectivity index (χ1) is 9.24. The molecule has 0 aliphatic carbocycles. The lowest BCUT2D eigenvalue weighted by molar-refractivity contribution is 0.158. The normalized spacial score (nSPS) is 11.6. The average Bonchev–Trinajstić information content (AvgIpc) is 2.90. The van der Waals surface area contributed by atoms with Crippen molar-refractivity contribution >= 4 is 33.2 Å². The summed E-state index contributed by atoms with van der Waals surface area (Å²) in [6.07, 6.45) is 0. The predicted molar refractivity (Wildman–Crippen MR) is 76.7 cm³/mol. The van der Waals surface area contributed by atoms with Crippen molar-refractivity contribution in [2.45, 2.75) is 6.92 Å². The lowest BCUT2D eigenvalue weighted by atomic mass is 10.2. The standard InChI is InChI=1S/C12H11BrClN3O2/c1-2-18-17-10(7-13)12-16-15-11(19-12)8-3-5-9(14)6-4-8/h3-6H,2,7H2,1H3/b17-10+. The maximum Gasteiger partial charge on any atom is 0.266 e. The van der Waals surface area contributed by atoms with Crippen LogP contribution in [0.2, 0.25) is 5.02 Å². The van der Waals surface area contributed by atoms with Crippen LogP contribution in [0.15, 0.2) is 33.8 Å². The fraction of sp³-hybridized carbons (Fsp3) is 0.250. The molecule has 100 valence electrons. The van der Waals surface area contributed by atoms with Crippen molar-refractivity contribution in [2.75, 3.05) is 11.9 Å². The molecule has 0 fully saturated rings. The summed E-state index contributed by atoms with van der Waals surface area (Å²) in [5.74, 6) is 0.743. The molecule has 2 rings (SSSR count). The Labute approximate surface area is 123 Å². The Morgan fingerprint density at radius 3 is 2.74 bits per heavy atom. The lowest BCUT2D eigenvalue weighted by Crippen LogP contribution is -2.04. The van der Waals surface area contributed by atoms with Gasteiger partial charge in [0.05, 0.1) is 5.33 Å². The van der Waals surface area contributed by atoms with Gasteiger partial charge in [-0.1, -0.05) is 32.7 Å². The van der Waals surface area contributed by atoms with Gasteiger partial charge in [-0.3, -0.25) is 0 Å². The molecule has 0 atom stereocenters. The Morgan fingerprint density at radius 1 is 1.37 bits per heavy atom. The summed E-state index contributed by atoms with van der Waals surface area (Å²) in [7, 11) is 0. The molecule has 2 aromatic rings. The van der Waals surface area contributed by atoms with Crippen molar-refractivity contribution < 1.29 is 9.25 Å². The molecule has 0 saturated carbocycles.